The van der Waals surface area contributed by atoms with Crippen molar-refractivity contribution < 1.29 is 13.2 Å². The van der Waals surface area contributed by atoms with E-state index in [2.05, 4.69) is 9.55 Å². The van der Waals surface area contributed by atoms with Gasteiger partial charge in [-0.25, -0.2) is 13.4 Å². The number of hydrogen-bond acceptors (Lipinski definition) is 4. The Balaban J connectivity index is 2.19. The molecular weight excluding hydrogens is 316 g/mol. The molecule has 0 bridgehead atoms. The van der Waals surface area contributed by atoms with Crippen molar-refractivity contribution in [2.45, 2.75) is 44.4 Å². The number of aromatic nitrogens is 2. The van der Waals surface area contributed by atoms with Crippen molar-refractivity contribution in [2.24, 2.45) is 0 Å². The SMILES string of the molecule is CCc1nccn1[C@H]1CCCN(S(=O)(=O)[C@@H](C)C(=O)N(C)C)C1. The van der Waals surface area contributed by atoms with Gasteiger partial charge >= 0.3 is 0 Å². The number of carbonyl (C=O) groups excluding carboxylic acids is 1. The lowest BCUT2D eigenvalue weighted by atomic mass is 10.1. The van der Waals surface area contributed by atoms with E-state index in [4.69, 9.17) is 0 Å². The molecule has 2 rings (SSSR count). The maximum Gasteiger partial charge on any atom is 0.241 e. The fraction of sp³-hybridized carbons (Fsp3) is 0.733. The highest BCUT2D eigenvalue weighted by molar-refractivity contribution is 7.90. The number of carbonyl (C=O) groups is 1. The molecule has 0 N–H and O–H groups in total. The Morgan fingerprint density at radius 3 is 2.78 bits per heavy atom. The van der Waals surface area contributed by atoms with Gasteiger partial charge in [-0.05, 0) is 19.8 Å². The van der Waals surface area contributed by atoms with Gasteiger partial charge in [-0.3, -0.25) is 4.79 Å². The zero-order valence-corrected chi connectivity index (χ0v) is 15.1. The summed E-state index contributed by atoms with van der Waals surface area (Å²) in [5, 5.41) is -1.05. The molecule has 0 saturated carbocycles. The summed E-state index contributed by atoms with van der Waals surface area (Å²) in [5.41, 5.74) is 0. The lowest BCUT2D eigenvalue weighted by Gasteiger charge is -2.34. The van der Waals surface area contributed by atoms with Crippen molar-refractivity contribution in [1.29, 1.82) is 0 Å². The number of rotatable bonds is 5. The first-order valence-electron chi connectivity index (χ1n) is 8.00. The number of imidazole rings is 1. The Hall–Kier alpha value is -1.41. The number of nitrogens with zero attached hydrogens (tertiary/aromatic N) is 4. The molecule has 1 saturated heterocycles. The zero-order valence-electron chi connectivity index (χ0n) is 14.3. The predicted molar refractivity (Wildman–Crippen MR) is 88.5 cm³/mol. The first-order valence-corrected chi connectivity index (χ1v) is 9.51. The largest absolute Gasteiger partial charge is 0.348 e. The number of aryl methyl sites for hydroxylation is 1. The van der Waals surface area contributed by atoms with Gasteiger partial charge in [0.2, 0.25) is 15.9 Å². The molecule has 2 atom stereocenters. The van der Waals surface area contributed by atoms with Gasteiger partial charge in [0.1, 0.15) is 5.82 Å². The molecule has 8 heteroatoms. The Morgan fingerprint density at radius 1 is 1.48 bits per heavy atom. The van der Waals surface area contributed by atoms with Crippen LogP contribution in [0, 0.1) is 0 Å². The predicted octanol–water partition coefficient (Wildman–Crippen LogP) is 0.889. The van der Waals surface area contributed by atoms with Crippen molar-refractivity contribution in [3.05, 3.63) is 18.2 Å². The Morgan fingerprint density at radius 2 is 2.17 bits per heavy atom. The van der Waals surface area contributed by atoms with E-state index >= 15 is 0 Å². The first-order chi connectivity index (χ1) is 10.8. The maximum absolute atomic E-state index is 12.8. The van der Waals surface area contributed by atoms with Gasteiger partial charge in [-0.1, -0.05) is 6.92 Å². The van der Waals surface area contributed by atoms with Crippen LogP contribution in [0.3, 0.4) is 0 Å². The summed E-state index contributed by atoms with van der Waals surface area (Å²) < 4.78 is 29.0. The molecule has 0 spiro atoms. The molecule has 0 unspecified atom stereocenters. The summed E-state index contributed by atoms with van der Waals surface area (Å²) in [4.78, 5) is 17.7. The van der Waals surface area contributed by atoms with Crippen LogP contribution in [0.2, 0.25) is 0 Å². The third-order valence-electron chi connectivity index (χ3n) is 4.41. The highest BCUT2D eigenvalue weighted by Crippen LogP contribution is 2.26. The number of sulfonamides is 1. The normalized spacial score (nSPS) is 21.1. The van der Waals surface area contributed by atoms with Crippen LogP contribution in [0.1, 0.15) is 38.6 Å². The third kappa shape index (κ3) is 3.58. The van der Waals surface area contributed by atoms with E-state index in [1.807, 2.05) is 13.1 Å². The molecule has 0 aromatic carbocycles. The van der Waals surface area contributed by atoms with Crippen molar-refractivity contribution in [3.8, 4) is 0 Å². The van der Waals surface area contributed by atoms with Crippen LogP contribution in [0.25, 0.3) is 0 Å². The summed E-state index contributed by atoms with van der Waals surface area (Å²) in [7, 11) is -0.490. The Kier molecular flexibility index (Phi) is 5.46. The van der Waals surface area contributed by atoms with E-state index in [0.717, 1.165) is 25.1 Å². The molecule has 1 amide bonds. The van der Waals surface area contributed by atoms with E-state index in [0.29, 0.717) is 13.1 Å². The summed E-state index contributed by atoms with van der Waals surface area (Å²) in [6.07, 6.45) is 6.18. The van der Waals surface area contributed by atoms with Gasteiger partial charge in [0.05, 0.1) is 0 Å². The molecule has 1 fully saturated rings. The molecule has 1 aliphatic rings. The van der Waals surface area contributed by atoms with E-state index in [9.17, 15) is 13.2 Å². The Labute approximate surface area is 138 Å². The van der Waals surface area contributed by atoms with Crippen LogP contribution >= 0.6 is 0 Å². The average Bonchev–Trinajstić information content (AvgIpc) is 3.02. The van der Waals surface area contributed by atoms with Crippen LogP contribution in [0.15, 0.2) is 12.4 Å². The summed E-state index contributed by atoms with van der Waals surface area (Å²) >= 11 is 0. The quantitative estimate of drug-likeness (QED) is 0.796. The van der Waals surface area contributed by atoms with Crippen LogP contribution in [-0.4, -0.2) is 65.5 Å². The monoisotopic (exact) mass is 342 g/mol. The fourth-order valence-corrected chi connectivity index (χ4v) is 4.72. The second-order valence-electron chi connectivity index (χ2n) is 6.18. The van der Waals surface area contributed by atoms with E-state index in [1.54, 1.807) is 20.3 Å². The van der Waals surface area contributed by atoms with Crippen LogP contribution in [0.4, 0.5) is 0 Å². The second kappa shape index (κ2) is 7.00. The average molecular weight is 342 g/mol. The third-order valence-corrected chi connectivity index (χ3v) is 6.56. The molecule has 23 heavy (non-hydrogen) atoms. The van der Waals surface area contributed by atoms with Gasteiger partial charge in [0, 0.05) is 52.0 Å². The topological polar surface area (TPSA) is 75.5 Å². The number of hydrogen-bond donors (Lipinski definition) is 0. The molecule has 7 nitrogen and oxygen atoms in total. The molecule has 130 valence electrons. The van der Waals surface area contributed by atoms with E-state index < -0.39 is 15.3 Å². The van der Waals surface area contributed by atoms with E-state index in [-0.39, 0.29) is 11.9 Å². The smallest absolute Gasteiger partial charge is 0.241 e. The van der Waals surface area contributed by atoms with Crippen LogP contribution in [0.5, 0.6) is 0 Å². The molecule has 0 radical (unpaired) electrons. The molecule has 1 aromatic heterocycles. The minimum atomic E-state index is -3.64. The van der Waals surface area contributed by atoms with Crippen molar-refractivity contribution in [1.82, 2.24) is 18.8 Å². The zero-order chi connectivity index (χ0) is 17.2. The second-order valence-corrected chi connectivity index (χ2v) is 8.43. The van der Waals surface area contributed by atoms with Gasteiger partial charge in [-0.2, -0.15) is 4.31 Å². The number of piperidine rings is 1. The Bertz CT molecular complexity index is 653. The highest BCUT2D eigenvalue weighted by atomic mass is 32.2. The summed E-state index contributed by atoms with van der Waals surface area (Å²) in [6, 6.07) is 0.0811. The lowest BCUT2D eigenvalue weighted by molar-refractivity contribution is -0.128. The minimum absolute atomic E-state index is 0.0811. The van der Waals surface area contributed by atoms with E-state index in [1.165, 1.54) is 16.1 Å². The van der Waals surface area contributed by atoms with Crippen molar-refractivity contribution >= 4 is 15.9 Å². The maximum atomic E-state index is 12.8. The standard InChI is InChI=1S/C15H26N4O3S/c1-5-14-16-8-10-19(14)13-7-6-9-18(11-13)23(21,22)12(2)15(20)17(3)4/h8,10,12-13H,5-7,9,11H2,1-4H3/t12-,13-/m0/s1. The summed E-state index contributed by atoms with van der Waals surface area (Å²) in [5.74, 6) is 0.579. The first kappa shape index (κ1) is 17.9. The van der Waals surface area contributed by atoms with Gasteiger partial charge < -0.3 is 9.47 Å². The molecule has 1 aliphatic heterocycles. The molecular formula is C15H26N4O3S. The minimum Gasteiger partial charge on any atom is -0.348 e. The highest BCUT2D eigenvalue weighted by Gasteiger charge is 2.37. The fourth-order valence-electron chi connectivity index (χ4n) is 3.04. The summed E-state index contributed by atoms with van der Waals surface area (Å²) in [6.45, 7) is 4.38. The van der Waals surface area contributed by atoms with Crippen LogP contribution < -0.4 is 0 Å². The number of amides is 1. The van der Waals surface area contributed by atoms with Gasteiger partial charge in [0.15, 0.2) is 5.25 Å². The van der Waals surface area contributed by atoms with Crippen molar-refractivity contribution in [3.63, 3.8) is 0 Å². The van der Waals surface area contributed by atoms with Gasteiger partial charge in [0.25, 0.3) is 0 Å². The molecule has 0 aliphatic carbocycles. The lowest BCUT2D eigenvalue weighted by Crippen LogP contribution is -2.48. The van der Waals surface area contributed by atoms with Crippen molar-refractivity contribution in [2.75, 3.05) is 27.2 Å². The van der Waals surface area contributed by atoms with Gasteiger partial charge in [-0.15, -0.1) is 0 Å². The molecule has 2 heterocycles. The van der Waals surface area contributed by atoms with Crippen LogP contribution in [-0.2, 0) is 21.2 Å². The molecule has 1 aromatic rings.